The summed E-state index contributed by atoms with van der Waals surface area (Å²) < 4.78 is 5.20. The highest BCUT2D eigenvalue weighted by atomic mass is 33.1. The molecule has 1 saturated heterocycles. The Morgan fingerprint density at radius 2 is 1.73 bits per heavy atom. The number of carboxylic acid groups (broad SMARTS) is 1. The maximum atomic E-state index is 13.1. The van der Waals surface area contributed by atoms with Crippen molar-refractivity contribution >= 4 is 68.9 Å². The minimum Gasteiger partial charge on any atom is -0.481 e. The Morgan fingerprint density at radius 3 is 2.45 bits per heavy atom. The normalized spacial score (nSPS) is 15.9. The molecular formula is C29H30N4O9S2. The van der Waals surface area contributed by atoms with Crippen molar-refractivity contribution in [3.63, 3.8) is 0 Å². The van der Waals surface area contributed by atoms with E-state index >= 15 is 0 Å². The molecule has 44 heavy (non-hydrogen) atoms. The second-order valence-electron chi connectivity index (χ2n) is 9.77. The van der Waals surface area contributed by atoms with Crippen molar-refractivity contribution in [1.82, 2.24) is 15.1 Å². The van der Waals surface area contributed by atoms with Gasteiger partial charge in [0.1, 0.15) is 12.6 Å². The molecule has 0 spiro atoms. The van der Waals surface area contributed by atoms with Crippen molar-refractivity contribution in [3.8, 4) is 0 Å². The van der Waals surface area contributed by atoms with Gasteiger partial charge in [0.2, 0.25) is 17.7 Å². The number of fused-ring (bicyclic) bond motifs is 1. The van der Waals surface area contributed by atoms with Crippen molar-refractivity contribution in [3.05, 3.63) is 65.2 Å². The zero-order chi connectivity index (χ0) is 31.6. The predicted molar refractivity (Wildman–Crippen MR) is 162 cm³/mol. The number of hydrogen-bond donors (Lipinski definition) is 3. The lowest BCUT2D eigenvalue weighted by molar-refractivity contribution is -0.139. The van der Waals surface area contributed by atoms with Crippen molar-refractivity contribution in [2.24, 2.45) is 0 Å². The van der Waals surface area contributed by atoms with Gasteiger partial charge in [-0.3, -0.25) is 44.3 Å². The van der Waals surface area contributed by atoms with Gasteiger partial charge in [-0.25, -0.2) is 4.79 Å². The zero-order valence-electron chi connectivity index (χ0n) is 23.5. The summed E-state index contributed by atoms with van der Waals surface area (Å²) in [4.78, 5) is 88.4. The van der Waals surface area contributed by atoms with Crippen molar-refractivity contribution in [2.45, 2.75) is 38.3 Å². The van der Waals surface area contributed by atoms with Gasteiger partial charge >= 0.3 is 12.1 Å². The Hall–Kier alpha value is -4.37. The topological polar surface area (TPSA) is 179 Å². The highest BCUT2D eigenvalue weighted by Gasteiger charge is 2.45. The van der Waals surface area contributed by atoms with Gasteiger partial charge in [-0.1, -0.05) is 58.0 Å². The Balaban J connectivity index is 1.19. The molecule has 232 valence electrons. The fourth-order valence-electron chi connectivity index (χ4n) is 4.66. The molecule has 0 aliphatic carbocycles. The van der Waals surface area contributed by atoms with Crippen LogP contribution < -0.4 is 10.6 Å². The van der Waals surface area contributed by atoms with Crippen LogP contribution in [0.4, 0.5) is 10.5 Å². The Labute approximate surface area is 260 Å². The van der Waals surface area contributed by atoms with Gasteiger partial charge in [-0.2, -0.15) is 0 Å². The van der Waals surface area contributed by atoms with Gasteiger partial charge in [0, 0.05) is 37.4 Å². The van der Waals surface area contributed by atoms with Crippen molar-refractivity contribution in [1.29, 1.82) is 0 Å². The van der Waals surface area contributed by atoms with E-state index in [0.717, 1.165) is 10.5 Å². The quantitative estimate of drug-likeness (QED) is 0.157. The van der Waals surface area contributed by atoms with E-state index in [1.54, 1.807) is 0 Å². The number of rotatable bonds is 14. The van der Waals surface area contributed by atoms with Gasteiger partial charge in [0.05, 0.1) is 23.2 Å². The molecule has 6 amide bonds. The number of benzene rings is 2. The summed E-state index contributed by atoms with van der Waals surface area (Å²) >= 11 is 0. The molecule has 1 atom stereocenters. The van der Waals surface area contributed by atoms with E-state index in [2.05, 4.69) is 10.6 Å². The van der Waals surface area contributed by atoms with E-state index < -0.39 is 41.7 Å². The SMILES string of the molecule is O=C(O)CCN(Cc1ccccc1)C(=O)CCSSCCOC(=O)Nc1cccc2c1C(=O)N(C1CCC(=O)NC1=O)C2=O. The molecule has 0 radical (unpaired) electrons. The van der Waals surface area contributed by atoms with Gasteiger partial charge in [0.25, 0.3) is 11.8 Å². The lowest BCUT2D eigenvalue weighted by Crippen LogP contribution is -2.54. The van der Waals surface area contributed by atoms with Gasteiger partial charge < -0.3 is 14.7 Å². The van der Waals surface area contributed by atoms with Crippen LogP contribution in [-0.2, 0) is 30.5 Å². The van der Waals surface area contributed by atoms with Crippen LogP contribution in [0.3, 0.4) is 0 Å². The third kappa shape index (κ3) is 8.38. The first-order valence-electron chi connectivity index (χ1n) is 13.7. The summed E-state index contributed by atoms with van der Waals surface area (Å²) in [6.45, 7) is 0.469. The highest BCUT2D eigenvalue weighted by Crippen LogP contribution is 2.32. The van der Waals surface area contributed by atoms with Crippen LogP contribution >= 0.6 is 21.6 Å². The fraction of sp³-hybridized carbons (Fsp3) is 0.345. The van der Waals surface area contributed by atoms with E-state index in [1.165, 1.54) is 44.7 Å². The van der Waals surface area contributed by atoms with Crippen LogP contribution in [0.25, 0.3) is 0 Å². The molecule has 0 aromatic heterocycles. The number of carbonyl (C=O) groups is 7. The molecule has 13 nitrogen and oxygen atoms in total. The predicted octanol–water partition coefficient (Wildman–Crippen LogP) is 2.91. The monoisotopic (exact) mass is 642 g/mol. The summed E-state index contributed by atoms with van der Waals surface area (Å²) in [7, 11) is 2.81. The first-order chi connectivity index (χ1) is 21.2. The fourth-order valence-corrected chi connectivity index (χ4v) is 6.47. The zero-order valence-corrected chi connectivity index (χ0v) is 25.1. The van der Waals surface area contributed by atoms with Crippen LogP contribution in [0.1, 0.15) is 52.0 Å². The molecule has 2 aliphatic rings. The summed E-state index contributed by atoms with van der Waals surface area (Å²) in [5.74, 6) is -2.88. The molecule has 1 unspecified atom stereocenters. The summed E-state index contributed by atoms with van der Waals surface area (Å²) in [5.41, 5.74) is 0.943. The second kappa shape index (κ2) is 15.4. The first-order valence-corrected chi connectivity index (χ1v) is 16.2. The minimum atomic E-state index is -1.12. The third-order valence-electron chi connectivity index (χ3n) is 6.75. The molecule has 2 aliphatic heterocycles. The molecule has 2 aromatic rings. The molecule has 0 saturated carbocycles. The summed E-state index contributed by atoms with van der Waals surface area (Å²) in [6, 6.07) is 12.6. The first kappa shape index (κ1) is 32.5. The number of amides is 6. The van der Waals surface area contributed by atoms with E-state index in [1.807, 2.05) is 30.3 Å². The van der Waals surface area contributed by atoms with Crippen molar-refractivity contribution < 1.29 is 43.4 Å². The molecule has 3 N–H and O–H groups in total. The lowest BCUT2D eigenvalue weighted by Gasteiger charge is -2.27. The minimum absolute atomic E-state index is 0.00660. The Bertz CT molecular complexity index is 1450. The van der Waals surface area contributed by atoms with E-state index in [9.17, 15) is 33.6 Å². The van der Waals surface area contributed by atoms with Crippen LogP contribution in [0.2, 0.25) is 0 Å². The number of imide groups is 2. The molecule has 1 fully saturated rings. The van der Waals surface area contributed by atoms with Gasteiger partial charge in [-0.05, 0) is 24.1 Å². The largest absolute Gasteiger partial charge is 0.481 e. The lowest BCUT2D eigenvalue weighted by atomic mass is 10.0. The maximum Gasteiger partial charge on any atom is 0.411 e. The molecule has 2 heterocycles. The van der Waals surface area contributed by atoms with Crippen LogP contribution in [0.15, 0.2) is 48.5 Å². The standard InChI is InChI=1S/C29H30N4O9S2/c34-22-10-9-21(26(38)31-22)33-27(39)19-7-4-8-20(25(19)28(33)40)30-29(41)42-14-16-44-43-15-12-23(35)32(13-11-24(36)37)17-18-5-2-1-3-6-18/h1-8,21H,9-17H2,(H,30,41)(H,36,37)(H,31,34,38). The molecule has 15 heteroatoms. The number of carboxylic acids is 1. The number of nitrogens with zero attached hydrogens (tertiary/aromatic N) is 2. The Morgan fingerprint density at radius 1 is 0.977 bits per heavy atom. The summed E-state index contributed by atoms with van der Waals surface area (Å²) in [6.07, 6.45) is -0.759. The van der Waals surface area contributed by atoms with Gasteiger partial charge in [-0.15, -0.1) is 0 Å². The van der Waals surface area contributed by atoms with E-state index in [0.29, 0.717) is 18.1 Å². The second-order valence-corrected chi connectivity index (χ2v) is 12.5. The average Bonchev–Trinajstić information content (AvgIpc) is 3.25. The van der Waals surface area contributed by atoms with Crippen LogP contribution in [0, 0.1) is 0 Å². The van der Waals surface area contributed by atoms with E-state index in [4.69, 9.17) is 9.84 Å². The highest BCUT2D eigenvalue weighted by molar-refractivity contribution is 8.76. The summed E-state index contributed by atoms with van der Waals surface area (Å²) in [5, 5.41) is 13.6. The number of nitrogens with one attached hydrogen (secondary N) is 2. The van der Waals surface area contributed by atoms with E-state index in [-0.39, 0.29) is 61.6 Å². The number of aliphatic carboxylic acids is 1. The molecular weight excluding hydrogens is 612 g/mol. The molecule has 4 rings (SSSR count). The average molecular weight is 643 g/mol. The van der Waals surface area contributed by atoms with Crippen LogP contribution in [-0.4, -0.2) is 87.2 Å². The van der Waals surface area contributed by atoms with Crippen molar-refractivity contribution in [2.75, 3.05) is 30.0 Å². The number of ether oxygens (including phenoxy) is 1. The number of hydrogen-bond acceptors (Lipinski definition) is 10. The van der Waals surface area contributed by atoms with Crippen LogP contribution in [0.5, 0.6) is 0 Å². The maximum absolute atomic E-state index is 13.1. The smallest absolute Gasteiger partial charge is 0.411 e. The number of anilines is 1. The molecule has 2 aromatic carbocycles. The third-order valence-corrected chi connectivity index (χ3v) is 9.12. The molecule has 0 bridgehead atoms. The number of piperidine rings is 1. The Kier molecular flexibility index (Phi) is 11.4. The number of carbonyl (C=O) groups excluding carboxylic acids is 6. The van der Waals surface area contributed by atoms with Gasteiger partial charge in [0.15, 0.2) is 0 Å².